The largest absolute Gasteiger partial charge is 0.310 e. The summed E-state index contributed by atoms with van der Waals surface area (Å²) in [5, 5.41) is 22.7. The molecule has 0 aromatic heterocycles. The van der Waals surface area contributed by atoms with Gasteiger partial charge in [-0.2, -0.15) is 0 Å². The van der Waals surface area contributed by atoms with E-state index in [0.29, 0.717) is 0 Å². The van der Waals surface area contributed by atoms with Gasteiger partial charge in [-0.05, 0) is 185 Å². The van der Waals surface area contributed by atoms with Gasteiger partial charge in [-0.3, -0.25) is 0 Å². The summed E-state index contributed by atoms with van der Waals surface area (Å²) in [6, 6.07) is 101. The SMILES string of the molecule is c1ccc(-c2ccc3c4ccc(N(c5ccc(-c6ccc7c8ccccc8c8ccccc8c7c6)cc5)c5ccc6c7ccc(-c8ccccc8)cc7c7ccccc7c6c5)cc4c4ccccc4c3c2)cc1. The fourth-order valence-electron chi connectivity index (χ4n) is 12.1. The highest BCUT2D eigenvalue weighted by Crippen LogP contribution is 2.46. The highest BCUT2D eigenvalue weighted by Gasteiger charge is 2.19. The van der Waals surface area contributed by atoms with Crippen LogP contribution in [0.1, 0.15) is 0 Å². The van der Waals surface area contributed by atoms with E-state index in [1.165, 1.54) is 130 Å². The van der Waals surface area contributed by atoms with E-state index in [1.807, 2.05) is 0 Å². The van der Waals surface area contributed by atoms with Crippen LogP contribution in [0.4, 0.5) is 17.1 Å². The van der Waals surface area contributed by atoms with Crippen molar-refractivity contribution in [1.29, 1.82) is 0 Å². The van der Waals surface area contributed by atoms with E-state index in [1.54, 1.807) is 0 Å². The maximum absolute atomic E-state index is 2.46. The summed E-state index contributed by atoms with van der Waals surface area (Å²) in [6.07, 6.45) is 0. The lowest BCUT2D eigenvalue weighted by Crippen LogP contribution is -2.10. The Bertz CT molecular complexity index is 4430. The molecular formula is C72H45N. The molecule has 0 saturated carbocycles. The summed E-state index contributed by atoms with van der Waals surface area (Å²) in [7, 11) is 0. The number of fused-ring (bicyclic) bond motifs is 18. The van der Waals surface area contributed by atoms with Crippen LogP contribution < -0.4 is 4.90 Å². The highest BCUT2D eigenvalue weighted by molar-refractivity contribution is 6.29. The Hall–Kier alpha value is -9.56. The van der Waals surface area contributed by atoms with Crippen molar-refractivity contribution < 1.29 is 0 Å². The molecule has 0 fully saturated rings. The van der Waals surface area contributed by atoms with Gasteiger partial charge in [-0.1, -0.05) is 218 Å². The highest BCUT2D eigenvalue weighted by atomic mass is 15.1. The minimum Gasteiger partial charge on any atom is -0.310 e. The first-order chi connectivity index (χ1) is 36.2. The maximum Gasteiger partial charge on any atom is 0.0468 e. The van der Waals surface area contributed by atoms with Crippen molar-refractivity contribution in [1.82, 2.24) is 0 Å². The smallest absolute Gasteiger partial charge is 0.0468 e. The van der Waals surface area contributed by atoms with Crippen LogP contribution in [0.5, 0.6) is 0 Å². The molecule has 15 aromatic carbocycles. The third kappa shape index (κ3) is 6.63. The molecule has 0 atom stereocenters. The molecule has 73 heavy (non-hydrogen) atoms. The van der Waals surface area contributed by atoms with Crippen LogP contribution >= 0.6 is 0 Å². The van der Waals surface area contributed by atoms with E-state index in [2.05, 4.69) is 278 Å². The quantitative estimate of drug-likeness (QED) is 0.150. The number of rotatable bonds is 6. The first kappa shape index (κ1) is 41.2. The Labute approximate surface area is 423 Å². The number of benzene rings is 15. The molecular weight excluding hydrogens is 879 g/mol. The second kappa shape index (κ2) is 16.5. The van der Waals surface area contributed by atoms with Crippen LogP contribution in [0.25, 0.3) is 130 Å². The summed E-state index contributed by atoms with van der Waals surface area (Å²) in [4.78, 5) is 2.46. The molecule has 0 bridgehead atoms. The average Bonchev–Trinajstić information content (AvgIpc) is 3.47. The monoisotopic (exact) mass is 923 g/mol. The van der Waals surface area contributed by atoms with E-state index in [-0.39, 0.29) is 0 Å². The Morgan fingerprint density at radius 3 is 0.685 bits per heavy atom. The summed E-state index contributed by atoms with van der Waals surface area (Å²) < 4.78 is 0. The van der Waals surface area contributed by atoms with Gasteiger partial charge >= 0.3 is 0 Å². The first-order valence-corrected chi connectivity index (χ1v) is 25.3. The summed E-state index contributed by atoms with van der Waals surface area (Å²) in [5.41, 5.74) is 10.6. The van der Waals surface area contributed by atoms with Gasteiger partial charge in [0.1, 0.15) is 0 Å². The lowest BCUT2D eigenvalue weighted by atomic mass is 9.91. The lowest BCUT2D eigenvalue weighted by Gasteiger charge is -2.27. The summed E-state index contributed by atoms with van der Waals surface area (Å²) in [5.74, 6) is 0. The molecule has 0 spiro atoms. The van der Waals surface area contributed by atoms with Crippen LogP contribution in [0.15, 0.2) is 273 Å². The molecule has 1 nitrogen and oxygen atoms in total. The Balaban J connectivity index is 0.926. The second-order valence-electron chi connectivity index (χ2n) is 19.5. The third-order valence-corrected chi connectivity index (χ3v) is 15.6. The summed E-state index contributed by atoms with van der Waals surface area (Å²) in [6.45, 7) is 0. The molecule has 15 rings (SSSR count). The topological polar surface area (TPSA) is 3.24 Å². The molecule has 0 heterocycles. The molecule has 0 saturated heterocycles. The maximum atomic E-state index is 2.46. The molecule has 0 aliphatic heterocycles. The van der Waals surface area contributed by atoms with Crippen molar-refractivity contribution in [3.8, 4) is 33.4 Å². The van der Waals surface area contributed by atoms with Crippen molar-refractivity contribution in [2.24, 2.45) is 0 Å². The Morgan fingerprint density at radius 2 is 0.356 bits per heavy atom. The van der Waals surface area contributed by atoms with Crippen molar-refractivity contribution >= 4 is 114 Å². The minimum atomic E-state index is 1.09. The van der Waals surface area contributed by atoms with Gasteiger partial charge in [0.05, 0.1) is 0 Å². The fraction of sp³-hybridized carbons (Fsp3) is 0. The number of hydrogen-bond donors (Lipinski definition) is 0. The van der Waals surface area contributed by atoms with Crippen molar-refractivity contribution in [2.75, 3.05) is 4.90 Å². The normalized spacial score (nSPS) is 11.8. The zero-order valence-electron chi connectivity index (χ0n) is 39.9. The average molecular weight is 924 g/mol. The van der Waals surface area contributed by atoms with E-state index >= 15 is 0 Å². The third-order valence-electron chi connectivity index (χ3n) is 15.6. The standard InChI is InChI=1S/C72H45N/c1-3-15-46(16-4-1)49-29-37-64-66-39-34-53(44-71(66)61-25-13-11-23-59(61)69(64)41-49)73(52-32-27-48(28-33-52)51-31-36-63-57-21-8-7-19-55(57)56-20-9-10-22-58(56)68(63)43-51)54-35-40-67-65-38-30-50(47-17-5-2-6-18-47)42-70(65)60-24-12-14-26-62(60)72(67)45-54/h1-45H. The molecule has 338 valence electrons. The molecule has 15 aromatic rings. The molecule has 0 N–H and O–H groups in total. The van der Waals surface area contributed by atoms with Crippen molar-refractivity contribution in [3.63, 3.8) is 0 Å². The minimum absolute atomic E-state index is 1.09. The Kier molecular flexibility index (Phi) is 9.33. The van der Waals surface area contributed by atoms with E-state index < -0.39 is 0 Å². The Morgan fingerprint density at radius 1 is 0.137 bits per heavy atom. The van der Waals surface area contributed by atoms with Crippen LogP contribution in [0, 0.1) is 0 Å². The van der Waals surface area contributed by atoms with Gasteiger partial charge in [-0.15, -0.1) is 0 Å². The van der Waals surface area contributed by atoms with Gasteiger partial charge in [0.2, 0.25) is 0 Å². The van der Waals surface area contributed by atoms with Gasteiger partial charge in [0.25, 0.3) is 0 Å². The first-order valence-electron chi connectivity index (χ1n) is 25.3. The van der Waals surface area contributed by atoms with Crippen molar-refractivity contribution in [2.45, 2.75) is 0 Å². The van der Waals surface area contributed by atoms with Gasteiger partial charge < -0.3 is 4.90 Å². The zero-order chi connectivity index (χ0) is 48.0. The van der Waals surface area contributed by atoms with E-state index in [4.69, 9.17) is 0 Å². The van der Waals surface area contributed by atoms with Crippen molar-refractivity contribution in [3.05, 3.63) is 273 Å². The van der Waals surface area contributed by atoms with Crippen LogP contribution in [0.3, 0.4) is 0 Å². The predicted molar refractivity (Wildman–Crippen MR) is 315 cm³/mol. The van der Waals surface area contributed by atoms with E-state index in [9.17, 15) is 0 Å². The second-order valence-corrected chi connectivity index (χ2v) is 19.5. The lowest BCUT2D eigenvalue weighted by molar-refractivity contribution is 1.30. The number of nitrogens with zero attached hydrogens (tertiary/aromatic N) is 1. The van der Waals surface area contributed by atoms with Crippen LogP contribution in [-0.4, -0.2) is 0 Å². The molecule has 0 unspecified atom stereocenters. The molecule has 0 radical (unpaired) electrons. The summed E-state index contributed by atoms with van der Waals surface area (Å²) >= 11 is 0. The molecule has 0 aliphatic rings. The van der Waals surface area contributed by atoms with Gasteiger partial charge in [-0.25, -0.2) is 0 Å². The van der Waals surface area contributed by atoms with Gasteiger partial charge in [0.15, 0.2) is 0 Å². The van der Waals surface area contributed by atoms with Crippen LogP contribution in [-0.2, 0) is 0 Å². The predicted octanol–water partition coefficient (Wildman–Crippen LogP) is 20.5. The zero-order valence-corrected chi connectivity index (χ0v) is 39.9. The molecule has 0 aliphatic carbocycles. The number of hydrogen-bond acceptors (Lipinski definition) is 1. The number of anilines is 3. The molecule has 1 heteroatoms. The fourth-order valence-corrected chi connectivity index (χ4v) is 12.1. The molecule has 0 amide bonds. The van der Waals surface area contributed by atoms with Crippen LogP contribution in [0.2, 0.25) is 0 Å². The van der Waals surface area contributed by atoms with Gasteiger partial charge in [0, 0.05) is 17.1 Å². The van der Waals surface area contributed by atoms with E-state index in [0.717, 1.165) is 17.1 Å².